The van der Waals surface area contributed by atoms with Crippen LogP contribution in [0.25, 0.3) is 0 Å². The number of aromatic nitrogens is 1. The number of anilines is 1. The molecule has 0 saturated carbocycles. The number of pyridine rings is 1. The minimum absolute atomic E-state index is 0.0538. The van der Waals surface area contributed by atoms with Gasteiger partial charge in [-0.05, 0) is 6.07 Å². The first kappa shape index (κ1) is 12.0. The van der Waals surface area contributed by atoms with E-state index in [0.29, 0.717) is 6.54 Å². The number of piperazine rings is 1. The molecule has 1 aliphatic rings. The first-order valence-electron chi connectivity index (χ1n) is 5.92. The van der Waals surface area contributed by atoms with Crippen LogP contribution in [-0.4, -0.2) is 43.5 Å². The van der Waals surface area contributed by atoms with Crippen molar-refractivity contribution in [2.45, 2.75) is 0 Å². The van der Waals surface area contributed by atoms with Crippen molar-refractivity contribution in [3.63, 3.8) is 0 Å². The Bertz CT molecular complexity index is 388. The lowest BCUT2D eigenvalue weighted by molar-refractivity contribution is -0.670. The molecule has 1 aliphatic heterocycles. The average molecular weight is 235 g/mol. The van der Waals surface area contributed by atoms with Gasteiger partial charge in [0.2, 0.25) is 5.91 Å². The van der Waals surface area contributed by atoms with Crippen LogP contribution in [-0.2, 0) is 11.8 Å². The van der Waals surface area contributed by atoms with Crippen LogP contribution in [0.4, 0.5) is 5.69 Å². The molecule has 1 aromatic rings. The van der Waals surface area contributed by atoms with Gasteiger partial charge in [-0.15, -0.1) is 0 Å². The number of nitrogens with zero attached hydrogens (tertiary/aromatic N) is 2. The van der Waals surface area contributed by atoms with Crippen molar-refractivity contribution < 1.29 is 9.36 Å². The SMILES string of the molecule is C[n+]1cccc(NC(=O)CN2CCNCC2)c1. The van der Waals surface area contributed by atoms with Crippen LogP contribution < -0.4 is 15.2 Å². The van der Waals surface area contributed by atoms with Crippen molar-refractivity contribution in [1.29, 1.82) is 0 Å². The Morgan fingerprint density at radius 3 is 3.00 bits per heavy atom. The predicted octanol–water partition coefficient (Wildman–Crippen LogP) is -0.645. The fraction of sp³-hybridized carbons (Fsp3) is 0.500. The predicted molar refractivity (Wildman–Crippen MR) is 65.6 cm³/mol. The zero-order valence-corrected chi connectivity index (χ0v) is 10.1. The van der Waals surface area contributed by atoms with E-state index in [0.717, 1.165) is 31.9 Å². The smallest absolute Gasteiger partial charge is 0.238 e. The largest absolute Gasteiger partial charge is 0.320 e. The summed E-state index contributed by atoms with van der Waals surface area (Å²) in [6.45, 7) is 4.29. The average Bonchev–Trinajstić information content (AvgIpc) is 2.30. The fourth-order valence-electron chi connectivity index (χ4n) is 1.93. The normalized spacial score (nSPS) is 16.8. The van der Waals surface area contributed by atoms with Gasteiger partial charge in [0.05, 0.1) is 6.54 Å². The van der Waals surface area contributed by atoms with Crippen LogP contribution in [0, 0.1) is 0 Å². The second-order valence-electron chi connectivity index (χ2n) is 4.33. The van der Waals surface area contributed by atoms with Crippen molar-refractivity contribution in [2.24, 2.45) is 7.05 Å². The molecule has 5 heteroatoms. The third kappa shape index (κ3) is 3.80. The van der Waals surface area contributed by atoms with E-state index < -0.39 is 0 Å². The number of nitrogens with one attached hydrogen (secondary N) is 2. The zero-order chi connectivity index (χ0) is 12.1. The van der Waals surface area contributed by atoms with Gasteiger partial charge in [0.25, 0.3) is 0 Å². The first-order valence-corrected chi connectivity index (χ1v) is 5.92. The van der Waals surface area contributed by atoms with Gasteiger partial charge in [0, 0.05) is 32.2 Å². The van der Waals surface area contributed by atoms with E-state index in [4.69, 9.17) is 0 Å². The Morgan fingerprint density at radius 2 is 2.29 bits per heavy atom. The number of rotatable bonds is 3. The molecular weight excluding hydrogens is 216 g/mol. The molecule has 0 unspecified atom stereocenters. The van der Waals surface area contributed by atoms with E-state index in [2.05, 4.69) is 15.5 Å². The summed E-state index contributed by atoms with van der Waals surface area (Å²) >= 11 is 0. The van der Waals surface area contributed by atoms with Crippen LogP contribution >= 0.6 is 0 Å². The van der Waals surface area contributed by atoms with Crippen LogP contribution in [0.3, 0.4) is 0 Å². The standard InChI is InChI=1S/C12H18N4O/c1-15-6-2-3-11(9-15)14-12(17)10-16-7-4-13-5-8-16/h2-3,6,9,13H,4-5,7-8,10H2,1H3/p+1. The molecule has 0 spiro atoms. The van der Waals surface area contributed by atoms with E-state index in [9.17, 15) is 4.79 Å². The maximum atomic E-state index is 11.8. The summed E-state index contributed by atoms with van der Waals surface area (Å²) < 4.78 is 1.92. The Labute approximate surface area is 101 Å². The first-order chi connectivity index (χ1) is 8.24. The van der Waals surface area contributed by atoms with Crippen molar-refractivity contribution in [2.75, 3.05) is 38.0 Å². The van der Waals surface area contributed by atoms with Crippen LogP contribution in [0.2, 0.25) is 0 Å². The van der Waals surface area contributed by atoms with Gasteiger partial charge >= 0.3 is 0 Å². The van der Waals surface area contributed by atoms with Crippen molar-refractivity contribution in [1.82, 2.24) is 10.2 Å². The number of aryl methyl sites for hydroxylation is 1. The lowest BCUT2D eigenvalue weighted by atomic mass is 10.3. The summed E-state index contributed by atoms with van der Waals surface area (Å²) in [4.78, 5) is 14.0. The molecule has 1 aromatic heterocycles. The van der Waals surface area contributed by atoms with Gasteiger partial charge in [0.1, 0.15) is 12.7 Å². The molecule has 92 valence electrons. The van der Waals surface area contributed by atoms with Gasteiger partial charge in [-0.1, -0.05) is 0 Å². The Morgan fingerprint density at radius 1 is 1.53 bits per heavy atom. The lowest BCUT2D eigenvalue weighted by Gasteiger charge is -2.26. The van der Waals surface area contributed by atoms with Crippen molar-refractivity contribution in [3.05, 3.63) is 24.5 Å². The van der Waals surface area contributed by atoms with E-state index in [1.54, 1.807) is 0 Å². The van der Waals surface area contributed by atoms with Gasteiger partial charge < -0.3 is 10.6 Å². The minimum atomic E-state index is 0.0538. The molecular formula is C12H19N4O+. The van der Waals surface area contributed by atoms with Crippen LogP contribution in [0.15, 0.2) is 24.5 Å². The molecule has 2 heterocycles. The molecule has 2 N–H and O–H groups in total. The maximum Gasteiger partial charge on any atom is 0.238 e. The summed E-state index contributed by atoms with van der Waals surface area (Å²) in [6.07, 6.45) is 3.83. The third-order valence-electron chi connectivity index (χ3n) is 2.80. The second-order valence-corrected chi connectivity index (χ2v) is 4.33. The number of hydrogen-bond acceptors (Lipinski definition) is 3. The maximum absolute atomic E-state index is 11.8. The fourth-order valence-corrected chi connectivity index (χ4v) is 1.93. The summed E-state index contributed by atoms with van der Waals surface area (Å²) in [6, 6.07) is 3.82. The highest BCUT2D eigenvalue weighted by Gasteiger charge is 2.13. The highest BCUT2D eigenvalue weighted by Crippen LogP contribution is 2.02. The summed E-state index contributed by atoms with van der Waals surface area (Å²) in [7, 11) is 1.94. The Balaban J connectivity index is 1.84. The van der Waals surface area contributed by atoms with E-state index in [1.165, 1.54) is 0 Å². The number of carbonyl (C=O) groups is 1. The second kappa shape index (κ2) is 5.75. The summed E-state index contributed by atoms with van der Waals surface area (Å²) in [5, 5.41) is 6.18. The highest BCUT2D eigenvalue weighted by molar-refractivity contribution is 5.91. The van der Waals surface area contributed by atoms with Crippen LogP contribution in [0.1, 0.15) is 0 Å². The van der Waals surface area contributed by atoms with Gasteiger partial charge in [-0.3, -0.25) is 9.69 Å². The minimum Gasteiger partial charge on any atom is -0.320 e. The monoisotopic (exact) mass is 235 g/mol. The topological polar surface area (TPSA) is 48.3 Å². The molecule has 2 rings (SSSR count). The van der Waals surface area contributed by atoms with Crippen LogP contribution in [0.5, 0.6) is 0 Å². The quantitative estimate of drug-likeness (QED) is 0.685. The molecule has 0 aromatic carbocycles. The molecule has 17 heavy (non-hydrogen) atoms. The van der Waals surface area contributed by atoms with Crippen molar-refractivity contribution in [3.8, 4) is 0 Å². The lowest BCUT2D eigenvalue weighted by Crippen LogP contribution is -2.46. The van der Waals surface area contributed by atoms with Gasteiger partial charge in [0.15, 0.2) is 12.4 Å². The third-order valence-corrected chi connectivity index (χ3v) is 2.80. The van der Waals surface area contributed by atoms with E-state index in [-0.39, 0.29) is 5.91 Å². The van der Waals surface area contributed by atoms with Gasteiger partial charge in [-0.25, -0.2) is 4.57 Å². The number of carbonyl (C=O) groups excluding carboxylic acids is 1. The van der Waals surface area contributed by atoms with E-state index in [1.807, 2.05) is 36.1 Å². The summed E-state index contributed by atoms with van der Waals surface area (Å²) in [5.41, 5.74) is 0.843. The molecule has 1 amide bonds. The molecule has 0 bridgehead atoms. The highest BCUT2D eigenvalue weighted by atomic mass is 16.2. The number of hydrogen-bond donors (Lipinski definition) is 2. The summed E-state index contributed by atoms with van der Waals surface area (Å²) in [5.74, 6) is 0.0538. The molecule has 0 atom stereocenters. The number of amides is 1. The zero-order valence-electron chi connectivity index (χ0n) is 10.1. The van der Waals surface area contributed by atoms with E-state index >= 15 is 0 Å². The Hall–Kier alpha value is -1.46. The molecule has 1 fully saturated rings. The molecule has 1 saturated heterocycles. The molecule has 5 nitrogen and oxygen atoms in total. The Kier molecular flexibility index (Phi) is 4.06. The van der Waals surface area contributed by atoms with Crippen molar-refractivity contribution >= 4 is 11.6 Å². The molecule has 0 aliphatic carbocycles. The molecule has 0 radical (unpaired) electrons. The van der Waals surface area contributed by atoms with Gasteiger partial charge in [-0.2, -0.15) is 0 Å².